The summed E-state index contributed by atoms with van der Waals surface area (Å²) >= 11 is 0. The molecule has 1 N–H and O–H groups in total. The molecule has 0 unspecified atom stereocenters. The Balaban J connectivity index is 2.20. The summed E-state index contributed by atoms with van der Waals surface area (Å²) in [5.41, 5.74) is -0.127. The van der Waals surface area contributed by atoms with Crippen molar-refractivity contribution in [3.8, 4) is 0 Å². The highest BCUT2D eigenvalue weighted by molar-refractivity contribution is 5.89. The molecule has 118 valence electrons. The zero-order valence-corrected chi connectivity index (χ0v) is 12.7. The monoisotopic (exact) mass is 298 g/mol. The van der Waals surface area contributed by atoms with E-state index >= 15 is 0 Å². The second kappa shape index (κ2) is 7.83. The molecule has 0 bridgehead atoms. The standard InChI is InChI=1S/C15H22O6/c1-4-15(2,3)20-10-6-5-9-19-14(18)12-8-7-11(21-12)13(16)17/h7-8H,4-6,9-10H2,1-3H3,(H,16,17). The van der Waals surface area contributed by atoms with Crippen LogP contribution in [0.5, 0.6) is 0 Å². The maximum atomic E-state index is 11.6. The molecule has 0 amide bonds. The summed E-state index contributed by atoms with van der Waals surface area (Å²) in [6, 6.07) is 2.51. The van der Waals surface area contributed by atoms with Crippen LogP contribution in [-0.2, 0) is 9.47 Å². The Kier molecular flexibility index (Phi) is 6.42. The van der Waals surface area contributed by atoms with Crippen molar-refractivity contribution < 1.29 is 28.6 Å². The number of hydrogen-bond donors (Lipinski definition) is 1. The van der Waals surface area contributed by atoms with Gasteiger partial charge >= 0.3 is 11.9 Å². The number of carboxylic acid groups (broad SMARTS) is 1. The Morgan fingerprint density at radius 1 is 1.19 bits per heavy atom. The molecule has 1 heterocycles. The van der Waals surface area contributed by atoms with Gasteiger partial charge in [0, 0.05) is 6.61 Å². The van der Waals surface area contributed by atoms with Gasteiger partial charge in [-0.2, -0.15) is 0 Å². The molecule has 21 heavy (non-hydrogen) atoms. The number of furan rings is 1. The summed E-state index contributed by atoms with van der Waals surface area (Å²) in [6.07, 6.45) is 2.40. The van der Waals surface area contributed by atoms with Crippen LogP contribution in [0.15, 0.2) is 16.5 Å². The summed E-state index contributed by atoms with van der Waals surface area (Å²) in [5.74, 6) is -2.25. The third-order valence-electron chi connectivity index (χ3n) is 3.13. The van der Waals surface area contributed by atoms with Crippen LogP contribution < -0.4 is 0 Å². The van der Waals surface area contributed by atoms with Crippen LogP contribution in [0.2, 0.25) is 0 Å². The molecule has 6 nitrogen and oxygen atoms in total. The van der Waals surface area contributed by atoms with E-state index < -0.39 is 11.9 Å². The lowest BCUT2D eigenvalue weighted by molar-refractivity contribution is -0.0233. The molecule has 1 rings (SSSR count). The van der Waals surface area contributed by atoms with Crippen molar-refractivity contribution in [2.45, 2.75) is 45.6 Å². The highest BCUT2D eigenvalue weighted by Gasteiger charge is 2.16. The Labute approximate surface area is 124 Å². The molecule has 0 saturated heterocycles. The fourth-order valence-electron chi connectivity index (χ4n) is 1.45. The zero-order valence-electron chi connectivity index (χ0n) is 12.7. The number of aromatic carboxylic acids is 1. The van der Waals surface area contributed by atoms with Gasteiger partial charge in [-0.25, -0.2) is 9.59 Å². The van der Waals surface area contributed by atoms with E-state index in [0.29, 0.717) is 13.0 Å². The number of esters is 1. The Morgan fingerprint density at radius 2 is 1.81 bits per heavy atom. The van der Waals surface area contributed by atoms with Crippen molar-refractivity contribution in [1.82, 2.24) is 0 Å². The smallest absolute Gasteiger partial charge is 0.374 e. The topological polar surface area (TPSA) is 86.0 Å². The molecule has 0 radical (unpaired) electrons. The number of rotatable bonds is 9. The number of carbonyl (C=O) groups is 2. The summed E-state index contributed by atoms with van der Waals surface area (Å²) < 4.78 is 15.5. The number of carboxylic acids is 1. The molecule has 0 atom stereocenters. The van der Waals surface area contributed by atoms with Gasteiger partial charge in [0.1, 0.15) is 0 Å². The summed E-state index contributed by atoms with van der Waals surface area (Å²) in [6.45, 7) is 6.99. The van der Waals surface area contributed by atoms with Crippen LogP contribution in [0.3, 0.4) is 0 Å². The molecular weight excluding hydrogens is 276 g/mol. The van der Waals surface area contributed by atoms with Crippen molar-refractivity contribution in [2.75, 3.05) is 13.2 Å². The molecule has 0 aromatic carbocycles. The average Bonchev–Trinajstić information content (AvgIpc) is 2.92. The molecular formula is C15H22O6. The molecule has 0 fully saturated rings. The van der Waals surface area contributed by atoms with Crippen LogP contribution in [0, 0.1) is 0 Å². The van der Waals surface area contributed by atoms with Crippen LogP contribution in [-0.4, -0.2) is 35.9 Å². The van der Waals surface area contributed by atoms with Crippen molar-refractivity contribution in [3.63, 3.8) is 0 Å². The van der Waals surface area contributed by atoms with E-state index in [0.717, 1.165) is 12.8 Å². The molecule has 0 aliphatic rings. The third kappa shape index (κ3) is 5.99. The first kappa shape index (κ1) is 17.2. The van der Waals surface area contributed by atoms with Gasteiger partial charge in [0.2, 0.25) is 11.5 Å². The van der Waals surface area contributed by atoms with E-state index in [-0.39, 0.29) is 23.7 Å². The third-order valence-corrected chi connectivity index (χ3v) is 3.13. The van der Waals surface area contributed by atoms with Gasteiger partial charge in [0.25, 0.3) is 0 Å². The first-order valence-corrected chi connectivity index (χ1v) is 7.00. The SMILES string of the molecule is CCC(C)(C)OCCCCOC(=O)c1ccc(C(=O)O)o1. The highest BCUT2D eigenvalue weighted by Crippen LogP contribution is 2.14. The minimum absolute atomic E-state index is 0.101. The molecule has 1 aromatic rings. The van der Waals surface area contributed by atoms with E-state index in [1.54, 1.807) is 0 Å². The predicted molar refractivity (Wildman–Crippen MR) is 75.5 cm³/mol. The van der Waals surface area contributed by atoms with Gasteiger partial charge in [-0.15, -0.1) is 0 Å². The molecule has 1 aromatic heterocycles. The number of ether oxygens (including phenoxy) is 2. The lowest BCUT2D eigenvalue weighted by Gasteiger charge is -2.23. The van der Waals surface area contributed by atoms with E-state index in [2.05, 4.69) is 6.92 Å². The summed E-state index contributed by atoms with van der Waals surface area (Å²) in [4.78, 5) is 22.2. The van der Waals surface area contributed by atoms with Crippen molar-refractivity contribution in [1.29, 1.82) is 0 Å². The quantitative estimate of drug-likeness (QED) is 0.557. The van der Waals surface area contributed by atoms with Gasteiger partial charge < -0.3 is 19.0 Å². The molecule has 0 spiro atoms. The fraction of sp³-hybridized carbons (Fsp3) is 0.600. The van der Waals surface area contributed by atoms with Gasteiger partial charge in [0.15, 0.2) is 0 Å². The Morgan fingerprint density at radius 3 is 2.38 bits per heavy atom. The van der Waals surface area contributed by atoms with Crippen LogP contribution in [0.4, 0.5) is 0 Å². The normalized spacial score (nSPS) is 11.4. The van der Waals surface area contributed by atoms with E-state index in [9.17, 15) is 9.59 Å². The van der Waals surface area contributed by atoms with Crippen molar-refractivity contribution in [2.24, 2.45) is 0 Å². The lowest BCUT2D eigenvalue weighted by Crippen LogP contribution is -2.23. The molecule has 0 saturated carbocycles. The van der Waals surface area contributed by atoms with Gasteiger partial charge in [-0.05, 0) is 45.2 Å². The van der Waals surface area contributed by atoms with E-state index in [1.165, 1.54) is 12.1 Å². The molecule has 0 aliphatic heterocycles. The second-order valence-electron chi connectivity index (χ2n) is 5.27. The van der Waals surface area contributed by atoms with Crippen LogP contribution >= 0.6 is 0 Å². The van der Waals surface area contributed by atoms with Gasteiger partial charge in [0.05, 0.1) is 12.2 Å². The largest absolute Gasteiger partial charge is 0.475 e. The van der Waals surface area contributed by atoms with Gasteiger partial charge in [-0.3, -0.25) is 0 Å². The number of hydrogen-bond acceptors (Lipinski definition) is 5. The minimum atomic E-state index is -1.22. The first-order valence-electron chi connectivity index (χ1n) is 7.00. The predicted octanol–water partition coefficient (Wildman–Crippen LogP) is 3.12. The summed E-state index contributed by atoms with van der Waals surface area (Å²) in [5, 5.41) is 8.68. The van der Waals surface area contributed by atoms with E-state index in [1.807, 2.05) is 13.8 Å². The fourth-order valence-corrected chi connectivity index (χ4v) is 1.45. The average molecular weight is 298 g/mol. The summed E-state index contributed by atoms with van der Waals surface area (Å²) in [7, 11) is 0. The maximum Gasteiger partial charge on any atom is 0.374 e. The van der Waals surface area contributed by atoms with Crippen molar-refractivity contribution >= 4 is 11.9 Å². The number of unbranched alkanes of at least 4 members (excludes halogenated alkanes) is 1. The van der Waals surface area contributed by atoms with Crippen LogP contribution in [0.25, 0.3) is 0 Å². The second-order valence-corrected chi connectivity index (χ2v) is 5.27. The Hall–Kier alpha value is -1.82. The molecule has 0 aliphatic carbocycles. The maximum absolute atomic E-state index is 11.6. The lowest BCUT2D eigenvalue weighted by atomic mass is 10.1. The minimum Gasteiger partial charge on any atom is -0.475 e. The zero-order chi connectivity index (χ0) is 15.9. The van der Waals surface area contributed by atoms with E-state index in [4.69, 9.17) is 19.0 Å². The molecule has 6 heteroatoms. The first-order chi connectivity index (χ1) is 9.85. The number of carbonyl (C=O) groups excluding carboxylic acids is 1. The van der Waals surface area contributed by atoms with Crippen LogP contribution in [0.1, 0.15) is 61.1 Å². The Bertz CT molecular complexity index is 474. The van der Waals surface area contributed by atoms with Gasteiger partial charge in [-0.1, -0.05) is 6.92 Å². The van der Waals surface area contributed by atoms with Crippen molar-refractivity contribution in [3.05, 3.63) is 23.7 Å². The highest BCUT2D eigenvalue weighted by atomic mass is 16.5.